The van der Waals surface area contributed by atoms with Crippen molar-refractivity contribution < 1.29 is 23.9 Å². The van der Waals surface area contributed by atoms with Crippen molar-refractivity contribution in [2.75, 3.05) is 19.7 Å². The number of amides is 4. The molecule has 1 saturated carbocycles. The lowest BCUT2D eigenvalue weighted by atomic mass is 9.82. The van der Waals surface area contributed by atoms with Gasteiger partial charge in [0.1, 0.15) is 5.54 Å². The Morgan fingerprint density at radius 2 is 1.56 bits per heavy atom. The zero-order valence-electron chi connectivity index (χ0n) is 20.4. The quantitative estimate of drug-likeness (QED) is 0.391. The van der Waals surface area contributed by atoms with E-state index in [0.29, 0.717) is 25.8 Å². The van der Waals surface area contributed by atoms with Crippen molar-refractivity contribution in [3.05, 3.63) is 71.8 Å². The van der Waals surface area contributed by atoms with E-state index in [1.54, 1.807) is 0 Å². The highest BCUT2D eigenvalue weighted by Crippen LogP contribution is 2.33. The van der Waals surface area contributed by atoms with Crippen LogP contribution in [0.1, 0.15) is 62.0 Å². The lowest BCUT2D eigenvalue weighted by Crippen LogP contribution is -2.48. The zero-order valence-corrected chi connectivity index (χ0v) is 20.4. The average molecular weight is 492 g/mol. The van der Waals surface area contributed by atoms with Gasteiger partial charge in [-0.3, -0.25) is 19.3 Å². The van der Waals surface area contributed by atoms with Crippen molar-refractivity contribution in [2.24, 2.45) is 0 Å². The van der Waals surface area contributed by atoms with E-state index in [4.69, 9.17) is 4.74 Å². The summed E-state index contributed by atoms with van der Waals surface area (Å²) in [6.45, 7) is -0.0255. The first-order chi connectivity index (χ1) is 17.5. The molecule has 1 heterocycles. The van der Waals surface area contributed by atoms with Crippen LogP contribution < -0.4 is 10.6 Å². The van der Waals surface area contributed by atoms with E-state index < -0.39 is 24.1 Å². The summed E-state index contributed by atoms with van der Waals surface area (Å²) in [6, 6.07) is 19.8. The molecule has 1 aliphatic heterocycles. The minimum atomic E-state index is -0.809. The van der Waals surface area contributed by atoms with Crippen LogP contribution in [0.4, 0.5) is 4.79 Å². The number of urea groups is 1. The fourth-order valence-electron chi connectivity index (χ4n) is 5.10. The second-order valence-corrected chi connectivity index (χ2v) is 9.45. The molecule has 2 aliphatic rings. The molecule has 0 aromatic heterocycles. The van der Waals surface area contributed by atoms with Gasteiger partial charge >= 0.3 is 12.0 Å². The monoisotopic (exact) mass is 491 g/mol. The molecule has 8 nitrogen and oxygen atoms in total. The molecule has 8 heteroatoms. The maximum absolute atomic E-state index is 12.8. The van der Waals surface area contributed by atoms with Crippen LogP contribution in [0, 0.1) is 0 Å². The lowest BCUT2D eigenvalue weighted by molar-refractivity contribution is -0.149. The Kier molecular flexibility index (Phi) is 8.36. The summed E-state index contributed by atoms with van der Waals surface area (Å²) in [7, 11) is 0. The maximum atomic E-state index is 12.8. The summed E-state index contributed by atoms with van der Waals surface area (Å²) < 4.78 is 5.08. The number of carbonyl (C=O) groups excluding carboxylic acids is 4. The molecule has 36 heavy (non-hydrogen) atoms. The number of ether oxygens (including phenoxy) is 1. The minimum absolute atomic E-state index is 0.0529. The van der Waals surface area contributed by atoms with Gasteiger partial charge in [0, 0.05) is 19.0 Å². The average Bonchev–Trinajstić information content (AvgIpc) is 3.13. The van der Waals surface area contributed by atoms with E-state index in [9.17, 15) is 19.2 Å². The van der Waals surface area contributed by atoms with E-state index in [-0.39, 0.29) is 30.7 Å². The first-order valence-corrected chi connectivity index (χ1v) is 12.6. The summed E-state index contributed by atoms with van der Waals surface area (Å²) >= 11 is 0. The Morgan fingerprint density at radius 3 is 2.17 bits per heavy atom. The van der Waals surface area contributed by atoms with Crippen LogP contribution in [0.25, 0.3) is 0 Å². The predicted octanol–water partition coefficient (Wildman–Crippen LogP) is 3.51. The molecule has 2 aromatic carbocycles. The summed E-state index contributed by atoms with van der Waals surface area (Å²) in [5.41, 5.74) is 1.52. The van der Waals surface area contributed by atoms with Crippen LogP contribution in [0.3, 0.4) is 0 Å². The third-order valence-electron chi connectivity index (χ3n) is 7.02. The van der Waals surface area contributed by atoms with Gasteiger partial charge < -0.3 is 15.4 Å². The molecule has 4 rings (SSSR count). The fourth-order valence-corrected chi connectivity index (χ4v) is 5.10. The molecular formula is C28H33N3O5. The first kappa shape index (κ1) is 25.4. The van der Waals surface area contributed by atoms with Crippen molar-refractivity contribution in [1.29, 1.82) is 0 Å². The minimum Gasteiger partial charge on any atom is -0.456 e. The standard InChI is InChI=1S/C28H33N3O5/c32-24(29-18-14-23(21-10-4-1-5-11-21)22-12-6-2-7-13-22)20-36-25(33)15-19-31-26(34)28(30-27(31)35)16-8-3-9-17-28/h1-2,4-7,10-13,23H,3,8-9,14-20H2,(H,29,32)(H,30,35). The molecule has 0 bridgehead atoms. The van der Waals surface area contributed by atoms with Crippen LogP contribution in [-0.4, -0.2) is 54.0 Å². The van der Waals surface area contributed by atoms with Crippen molar-refractivity contribution >= 4 is 23.8 Å². The molecule has 2 fully saturated rings. The molecule has 0 radical (unpaired) electrons. The van der Waals surface area contributed by atoms with E-state index >= 15 is 0 Å². The predicted molar refractivity (Wildman–Crippen MR) is 134 cm³/mol. The van der Waals surface area contributed by atoms with Crippen molar-refractivity contribution in [3.63, 3.8) is 0 Å². The Labute approximate surface area is 211 Å². The van der Waals surface area contributed by atoms with Crippen LogP contribution in [0.15, 0.2) is 60.7 Å². The summed E-state index contributed by atoms with van der Waals surface area (Å²) in [6.07, 6.45) is 4.66. The van der Waals surface area contributed by atoms with Crippen LogP contribution in [0.5, 0.6) is 0 Å². The zero-order chi connectivity index (χ0) is 25.4. The van der Waals surface area contributed by atoms with E-state index in [1.165, 1.54) is 11.1 Å². The number of nitrogens with one attached hydrogen (secondary N) is 2. The van der Waals surface area contributed by atoms with E-state index in [1.807, 2.05) is 36.4 Å². The maximum Gasteiger partial charge on any atom is 0.325 e. The lowest BCUT2D eigenvalue weighted by Gasteiger charge is -2.30. The molecule has 1 saturated heterocycles. The summed E-state index contributed by atoms with van der Waals surface area (Å²) in [5.74, 6) is -1.14. The largest absolute Gasteiger partial charge is 0.456 e. The Balaban J connectivity index is 1.19. The number of imide groups is 1. The topological polar surface area (TPSA) is 105 Å². The normalized spacial score (nSPS) is 16.8. The van der Waals surface area contributed by atoms with Gasteiger partial charge in [-0.15, -0.1) is 0 Å². The number of benzene rings is 2. The number of esters is 1. The highest BCUT2D eigenvalue weighted by atomic mass is 16.5. The first-order valence-electron chi connectivity index (χ1n) is 12.6. The van der Waals surface area contributed by atoms with Gasteiger partial charge in [0.15, 0.2) is 6.61 Å². The van der Waals surface area contributed by atoms with Gasteiger partial charge in [0.25, 0.3) is 11.8 Å². The van der Waals surface area contributed by atoms with Gasteiger partial charge in [-0.2, -0.15) is 0 Å². The summed E-state index contributed by atoms with van der Waals surface area (Å²) in [5, 5.41) is 5.63. The number of hydrogen-bond acceptors (Lipinski definition) is 5. The molecule has 2 aromatic rings. The number of carbonyl (C=O) groups is 4. The van der Waals surface area contributed by atoms with Gasteiger partial charge in [-0.05, 0) is 30.4 Å². The molecule has 0 atom stereocenters. The molecule has 1 aliphatic carbocycles. The third-order valence-corrected chi connectivity index (χ3v) is 7.02. The van der Waals surface area contributed by atoms with Crippen LogP contribution >= 0.6 is 0 Å². The number of nitrogens with zero attached hydrogens (tertiary/aromatic N) is 1. The Bertz CT molecular complexity index is 1030. The van der Waals surface area contributed by atoms with Gasteiger partial charge in [-0.25, -0.2) is 4.79 Å². The van der Waals surface area contributed by atoms with Gasteiger partial charge in [0.05, 0.1) is 6.42 Å². The second-order valence-electron chi connectivity index (χ2n) is 9.45. The van der Waals surface area contributed by atoms with E-state index in [2.05, 4.69) is 34.9 Å². The van der Waals surface area contributed by atoms with E-state index in [0.717, 1.165) is 24.2 Å². The smallest absolute Gasteiger partial charge is 0.325 e. The molecule has 1 spiro atoms. The van der Waals surface area contributed by atoms with Crippen LogP contribution in [0.2, 0.25) is 0 Å². The van der Waals surface area contributed by atoms with Gasteiger partial charge in [0.2, 0.25) is 0 Å². The molecule has 2 N–H and O–H groups in total. The third kappa shape index (κ3) is 6.11. The van der Waals surface area contributed by atoms with Crippen molar-refractivity contribution in [1.82, 2.24) is 15.5 Å². The van der Waals surface area contributed by atoms with Gasteiger partial charge in [-0.1, -0.05) is 79.9 Å². The number of hydrogen-bond donors (Lipinski definition) is 2. The van der Waals surface area contributed by atoms with Crippen molar-refractivity contribution in [3.8, 4) is 0 Å². The SMILES string of the molecule is O=C(COC(=O)CCN1C(=O)NC2(CCCCC2)C1=O)NCCC(c1ccccc1)c1ccccc1. The Morgan fingerprint density at radius 1 is 0.944 bits per heavy atom. The fraction of sp³-hybridized carbons (Fsp3) is 0.429. The van der Waals surface area contributed by atoms with Crippen LogP contribution in [-0.2, 0) is 19.1 Å². The molecule has 0 unspecified atom stereocenters. The Hall–Kier alpha value is -3.68. The highest BCUT2D eigenvalue weighted by molar-refractivity contribution is 6.07. The second kappa shape index (κ2) is 11.8. The molecule has 190 valence electrons. The summed E-state index contributed by atoms with van der Waals surface area (Å²) in [4.78, 5) is 50.6. The molecule has 4 amide bonds. The molecular weight excluding hydrogens is 458 g/mol. The van der Waals surface area contributed by atoms with Crippen molar-refractivity contribution in [2.45, 2.75) is 56.4 Å². The highest BCUT2D eigenvalue weighted by Gasteiger charge is 2.51. The number of rotatable bonds is 10.